The Hall–Kier alpha value is -1.78. The van der Waals surface area contributed by atoms with Crippen molar-refractivity contribution in [3.63, 3.8) is 0 Å². The number of nitrogens with one attached hydrogen (secondary N) is 1. The molecule has 0 aliphatic heterocycles. The number of aryl methyl sites for hydroxylation is 1. The highest BCUT2D eigenvalue weighted by molar-refractivity contribution is 6.00. The van der Waals surface area contributed by atoms with Gasteiger partial charge in [-0.25, -0.2) is 4.79 Å². The first-order valence-corrected chi connectivity index (χ1v) is 7.05. The second-order valence-corrected chi connectivity index (χ2v) is 4.93. The van der Waals surface area contributed by atoms with Crippen molar-refractivity contribution >= 4 is 11.9 Å². The molecular weight excluding hydrogens is 256 g/mol. The van der Waals surface area contributed by atoms with Crippen LogP contribution < -0.4 is 0 Å². The van der Waals surface area contributed by atoms with Crippen LogP contribution in [0.2, 0.25) is 0 Å². The third-order valence-corrected chi connectivity index (χ3v) is 3.32. The molecule has 1 N–H and O–H groups in total. The summed E-state index contributed by atoms with van der Waals surface area (Å²) < 4.78 is 5.02. The minimum absolute atomic E-state index is 0.0883. The van der Waals surface area contributed by atoms with E-state index >= 15 is 0 Å². The maximum absolute atomic E-state index is 12.4. The van der Waals surface area contributed by atoms with Crippen LogP contribution in [0.5, 0.6) is 0 Å². The Bertz CT molecular complexity index is 492. The Morgan fingerprint density at radius 3 is 2.45 bits per heavy atom. The van der Waals surface area contributed by atoms with Crippen LogP contribution in [0.25, 0.3) is 0 Å². The molecule has 112 valence electrons. The lowest BCUT2D eigenvalue weighted by Gasteiger charge is -2.16. The van der Waals surface area contributed by atoms with Crippen molar-refractivity contribution < 1.29 is 14.3 Å². The van der Waals surface area contributed by atoms with Gasteiger partial charge >= 0.3 is 5.97 Å². The van der Waals surface area contributed by atoms with Gasteiger partial charge in [0.25, 0.3) is 5.91 Å². The van der Waals surface area contributed by atoms with Gasteiger partial charge in [-0.15, -0.1) is 0 Å². The minimum Gasteiger partial charge on any atom is -0.462 e. The molecule has 0 spiro atoms. The maximum Gasteiger partial charge on any atom is 0.340 e. The number of carbonyl (C=O) groups is 2. The van der Waals surface area contributed by atoms with Gasteiger partial charge in [-0.1, -0.05) is 13.3 Å². The number of H-pyrrole nitrogens is 1. The van der Waals surface area contributed by atoms with Gasteiger partial charge in [0.1, 0.15) is 5.69 Å². The van der Waals surface area contributed by atoms with E-state index in [0.29, 0.717) is 35.7 Å². The maximum atomic E-state index is 12.4. The van der Waals surface area contributed by atoms with Crippen LogP contribution in [0, 0.1) is 13.8 Å². The molecule has 5 nitrogen and oxygen atoms in total. The smallest absolute Gasteiger partial charge is 0.340 e. The van der Waals surface area contributed by atoms with Crippen molar-refractivity contribution in [3.05, 3.63) is 22.5 Å². The average Bonchev–Trinajstić information content (AvgIpc) is 2.70. The topological polar surface area (TPSA) is 62.4 Å². The summed E-state index contributed by atoms with van der Waals surface area (Å²) in [6, 6.07) is 0. The SMILES string of the molecule is CCCCN(C)C(=O)c1[nH]c(C)c(C(=O)OCC)c1C. The van der Waals surface area contributed by atoms with E-state index in [1.165, 1.54) is 0 Å². The van der Waals surface area contributed by atoms with E-state index in [9.17, 15) is 9.59 Å². The Morgan fingerprint density at radius 2 is 1.90 bits per heavy atom. The van der Waals surface area contributed by atoms with Gasteiger partial charge in [0.2, 0.25) is 0 Å². The average molecular weight is 280 g/mol. The summed E-state index contributed by atoms with van der Waals surface area (Å²) in [6.45, 7) is 8.43. The van der Waals surface area contributed by atoms with Gasteiger partial charge in [0, 0.05) is 19.3 Å². The highest BCUT2D eigenvalue weighted by Gasteiger charge is 2.24. The van der Waals surface area contributed by atoms with Crippen LogP contribution in [0.15, 0.2) is 0 Å². The zero-order chi connectivity index (χ0) is 15.3. The molecule has 0 bridgehead atoms. The summed E-state index contributed by atoms with van der Waals surface area (Å²) in [5.74, 6) is -0.469. The highest BCUT2D eigenvalue weighted by Crippen LogP contribution is 2.20. The second-order valence-electron chi connectivity index (χ2n) is 4.93. The molecule has 1 heterocycles. The number of nitrogens with zero attached hydrogens (tertiary/aromatic N) is 1. The first-order valence-electron chi connectivity index (χ1n) is 7.05. The lowest BCUT2D eigenvalue weighted by molar-refractivity contribution is 0.0525. The van der Waals surface area contributed by atoms with E-state index in [1.54, 1.807) is 32.7 Å². The Morgan fingerprint density at radius 1 is 1.25 bits per heavy atom. The molecular formula is C15H24N2O3. The molecule has 0 unspecified atom stereocenters. The van der Waals surface area contributed by atoms with E-state index in [0.717, 1.165) is 12.8 Å². The van der Waals surface area contributed by atoms with Crippen LogP contribution in [-0.4, -0.2) is 42.0 Å². The molecule has 0 atom stereocenters. The van der Waals surface area contributed by atoms with E-state index in [2.05, 4.69) is 11.9 Å². The molecule has 0 fully saturated rings. The van der Waals surface area contributed by atoms with Crippen molar-refractivity contribution in [2.75, 3.05) is 20.2 Å². The number of esters is 1. The fourth-order valence-corrected chi connectivity index (χ4v) is 2.16. The van der Waals surface area contributed by atoms with Gasteiger partial charge < -0.3 is 14.6 Å². The summed E-state index contributed by atoms with van der Waals surface area (Å²) in [5, 5.41) is 0. The summed E-state index contributed by atoms with van der Waals surface area (Å²) in [4.78, 5) is 29.0. The number of carbonyl (C=O) groups excluding carboxylic acids is 2. The predicted molar refractivity (Wildman–Crippen MR) is 78.1 cm³/mol. The summed E-state index contributed by atoms with van der Waals surface area (Å²) in [7, 11) is 1.78. The van der Waals surface area contributed by atoms with Crippen molar-refractivity contribution in [2.24, 2.45) is 0 Å². The van der Waals surface area contributed by atoms with E-state index < -0.39 is 0 Å². The molecule has 1 rings (SSSR count). The molecule has 1 aromatic rings. The zero-order valence-electron chi connectivity index (χ0n) is 13.0. The van der Waals surface area contributed by atoms with Gasteiger partial charge in [0.05, 0.1) is 12.2 Å². The molecule has 5 heteroatoms. The highest BCUT2D eigenvalue weighted by atomic mass is 16.5. The third kappa shape index (κ3) is 3.40. The molecule has 0 saturated carbocycles. The van der Waals surface area contributed by atoms with Crippen molar-refractivity contribution in [2.45, 2.75) is 40.5 Å². The lowest BCUT2D eigenvalue weighted by atomic mass is 10.1. The number of rotatable bonds is 6. The molecule has 1 amide bonds. The fourth-order valence-electron chi connectivity index (χ4n) is 2.16. The number of aromatic amines is 1. The second kappa shape index (κ2) is 7.12. The Balaban J connectivity index is 3.00. The van der Waals surface area contributed by atoms with Crippen LogP contribution in [0.4, 0.5) is 0 Å². The van der Waals surface area contributed by atoms with Crippen LogP contribution in [0.1, 0.15) is 58.8 Å². The molecule has 1 aromatic heterocycles. The zero-order valence-corrected chi connectivity index (χ0v) is 13.0. The molecule has 20 heavy (non-hydrogen) atoms. The predicted octanol–water partition coefficient (Wildman–Crippen LogP) is 2.68. The number of hydrogen-bond acceptors (Lipinski definition) is 3. The largest absolute Gasteiger partial charge is 0.462 e. The van der Waals surface area contributed by atoms with Crippen molar-refractivity contribution in [1.29, 1.82) is 0 Å². The normalized spacial score (nSPS) is 10.4. The molecule has 0 radical (unpaired) electrons. The summed E-state index contributed by atoms with van der Waals surface area (Å²) in [6.07, 6.45) is 2.00. The Labute approximate surface area is 120 Å². The first kappa shape index (κ1) is 16.3. The lowest BCUT2D eigenvalue weighted by Crippen LogP contribution is -2.28. The third-order valence-electron chi connectivity index (χ3n) is 3.32. The standard InChI is InChI=1S/C15H24N2O3/c1-6-8-9-17(5)14(18)13-10(3)12(11(4)16-13)15(19)20-7-2/h16H,6-9H2,1-5H3. The molecule has 0 saturated heterocycles. The number of hydrogen-bond donors (Lipinski definition) is 1. The van der Waals surface area contributed by atoms with E-state index in [-0.39, 0.29) is 11.9 Å². The van der Waals surface area contributed by atoms with E-state index in [1.807, 2.05) is 0 Å². The quantitative estimate of drug-likeness (QED) is 0.815. The summed E-state index contributed by atoms with van der Waals surface area (Å²) >= 11 is 0. The number of unbranched alkanes of at least 4 members (excludes halogenated alkanes) is 1. The van der Waals surface area contributed by atoms with E-state index in [4.69, 9.17) is 4.74 Å². The minimum atomic E-state index is -0.381. The van der Waals surface area contributed by atoms with Gasteiger partial charge in [-0.05, 0) is 32.8 Å². The summed E-state index contributed by atoms with van der Waals surface area (Å²) in [5.41, 5.74) is 2.28. The van der Waals surface area contributed by atoms with Crippen molar-refractivity contribution in [3.8, 4) is 0 Å². The van der Waals surface area contributed by atoms with Crippen molar-refractivity contribution in [1.82, 2.24) is 9.88 Å². The van der Waals surface area contributed by atoms with Gasteiger partial charge in [-0.3, -0.25) is 4.79 Å². The fraction of sp³-hybridized carbons (Fsp3) is 0.600. The van der Waals surface area contributed by atoms with Crippen LogP contribution in [-0.2, 0) is 4.74 Å². The monoisotopic (exact) mass is 280 g/mol. The van der Waals surface area contributed by atoms with Gasteiger partial charge in [0.15, 0.2) is 0 Å². The number of amides is 1. The molecule has 0 aliphatic carbocycles. The first-order chi connectivity index (χ1) is 9.43. The van der Waals surface area contributed by atoms with Crippen LogP contribution in [0.3, 0.4) is 0 Å². The Kier molecular flexibility index (Phi) is 5.80. The molecule has 0 aliphatic rings. The van der Waals surface area contributed by atoms with Crippen LogP contribution >= 0.6 is 0 Å². The number of aromatic nitrogens is 1. The molecule has 0 aromatic carbocycles. The number of ether oxygens (including phenoxy) is 1. The van der Waals surface area contributed by atoms with Gasteiger partial charge in [-0.2, -0.15) is 0 Å².